The number of hydrogen-bond donors (Lipinski definition) is 2. The molecule has 0 aliphatic rings. The van der Waals surface area contributed by atoms with Crippen LogP contribution in [0.2, 0.25) is 0 Å². The van der Waals surface area contributed by atoms with Gasteiger partial charge in [-0.1, -0.05) is 55.5 Å². The molecule has 126 valence electrons. The zero-order valence-electron chi connectivity index (χ0n) is 13.6. The van der Waals surface area contributed by atoms with Crippen molar-refractivity contribution in [1.29, 1.82) is 0 Å². The van der Waals surface area contributed by atoms with Gasteiger partial charge in [0, 0.05) is 31.3 Å². The monoisotopic (exact) mass is 344 g/mol. The Morgan fingerprint density at radius 1 is 1.29 bits per heavy atom. The van der Waals surface area contributed by atoms with Crippen LogP contribution in [0.15, 0.2) is 47.4 Å². The summed E-state index contributed by atoms with van der Waals surface area (Å²) in [6, 6.07) is 11.5. The minimum Gasteiger partial charge on any atom is -0.396 e. The Hall–Kier alpha value is -2.25. The summed E-state index contributed by atoms with van der Waals surface area (Å²) >= 11 is 1.33. The van der Waals surface area contributed by atoms with Gasteiger partial charge in [-0.15, -0.1) is 5.10 Å². The molecule has 3 aromatic rings. The SMILES string of the molecule is CC(C)(CO)C(CNc1nn2c(=O)ccnc2s1)c1ccccc1. The van der Waals surface area contributed by atoms with Gasteiger partial charge in [0.1, 0.15) is 0 Å². The molecule has 2 N–H and O–H groups in total. The normalized spacial score (nSPS) is 13.1. The Bertz CT molecular complexity index is 873. The number of aliphatic hydroxyl groups is 1. The Morgan fingerprint density at radius 3 is 2.71 bits per heavy atom. The number of benzene rings is 1. The van der Waals surface area contributed by atoms with Crippen molar-refractivity contribution < 1.29 is 5.11 Å². The van der Waals surface area contributed by atoms with Gasteiger partial charge in [0.25, 0.3) is 5.56 Å². The number of nitrogens with one attached hydrogen (secondary N) is 1. The summed E-state index contributed by atoms with van der Waals surface area (Å²) in [4.78, 5) is 16.5. The molecular formula is C17H20N4O2S. The van der Waals surface area contributed by atoms with Crippen LogP contribution in [-0.4, -0.2) is 32.9 Å². The average molecular weight is 344 g/mol. The molecular weight excluding hydrogens is 324 g/mol. The van der Waals surface area contributed by atoms with Crippen molar-refractivity contribution in [3.05, 3.63) is 58.5 Å². The minimum atomic E-state index is -0.292. The van der Waals surface area contributed by atoms with Crippen LogP contribution in [0.1, 0.15) is 25.3 Å². The smallest absolute Gasteiger partial charge is 0.275 e. The van der Waals surface area contributed by atoms with Gasteiger partial charge in [-0.25, -0.2) is 4.98 Å². The number of rotatable bonds is 6. The molecule has 0 saturated carbocycles. The van der Waals surface area contributed by atoms with Gasteiger partial charge < -0.3 is 10.4 Å². The Morgan fingerprint density at radius 2 is 2.04 bits per heavy atom. The van der Waals surface area contributed by atoms with Crippen molar-refractivity contribution in [2.24, 2.45) is 5.41 Å². The number of aromatic nitrogens is 3. The molecule has 0 amide bonds. The van der Waals surface area contributed by atoms with Crippen molar-refractivity contribution in [2.75, 3.05) is 18.5 Å². The third-order valence-electron chi connectivity index (χ3n) is 4.18. The molecule has 2 heterocycles. The van der Waals surface area contributed by atoms with Crippen LogP contribution in [0.25, 0.3) is 4.96 Å². The van der Waals surface area contributed by atoms with E-state index >= 15 is 0 Å². The molecule has 0 radical (unpaired) electrons. The van der Waals surface area contributed by atoms with Crippen LogP contribution in [0, 0.1) is 5.41 Å². The first kappa shape index (κ1) is 16.6. The number of nitrogens with zero attached hydrogens (tertiary/aromatic N) is 3. The predicted molar refractivity (Wildman–Crippen MR) is 95.7 cm³/mol. The molecule has 2 aromatic heterocycles. The zero-order chi connectivity index (χ0) is 17.2. The Kier molecular flexibility index (Phi) is 4.64. The molecule has 6 nitrogen and oxygen atoms in total. The second kappa shape index (κ2) is 6.70. The van der Waals surface area contributed by atoms with E-state index in [9.17, 15) is 9.90 Å². The maximum Gasteiger partial charge on any atom is 0.275 e. The van der Waals surface area contributed by atoms with E-state index in [2.05, 4.69) is 27.5 Å². The summed E-state index contributed by atoms with van der Waals surface area (Å²) in [7, 11) is 0. The molecule has 7 heteroatoms. The van der Waals surface area contributed by atoms with Gasteiger partial charge in [-0.3, -0.25) is 4.79 Å². The molecule has 0 aliphatic heterocycles. The van der Waals surface area contributed by atoms with Crippen LogP contribution in [-0.2, 0) is 0 Å². The van der Waals surface area contributed by atoms with Crippen molar-refractivity contribution in [2.45, 2.75) is 19.8 Å². The second-order valence-electron chi connectivity index (χ2n) is 6.38. The molecule has 0 bridgehead atoms. The van der Waals surface area contributed by atoms with Gasteiger partial charge in [0.2, 0.25) is 10.1 Å². The van der Waals surface area contributed by atoms with Crippen molar-refractivity contribution in [1.82, 2.24) is 14.6 Å². The topological polar surface area (TPSA) is 79.5 Å². The third-order valence-corrected chi connectivity index (χ3v) is 5.06. The lowest BCUT2D eigenvalue weighted by Gasteiger charge is -2.33. The lowest BCUT2D eigenvalue weighted by molar-refractivity contribution is 0.134. The molecule has 1 atom stereocenters. The van der Waals surface area contributed by atoms with E-state index < -0.39 is 0 Å². The highest BCUT2D eigenvalue weighted by molar-refractivity contribution is 7.20. The zero-order valence-corrected chi connectivity index (χ0v) is 14.5. The van der Waals surface area contributed by atoms with Crippen LogP contribution < -0.4 is 10.9 Å². The van der Waals surface area contributed by atoms with Gasteiger partial charge >= 0.3 is 0 Å². The molecule has 0 fully saturated rings. The van der Waals surface area contributed by atoms with E-state index in [1.165, 1.54) is 28.1 Å². The fourth-order valence-corrected chi connectivity index (χ4v) is 3.43. The average Bonchev–Trinajstić information content (AvgIpc) is 3.00. The summed E-state index contributed by atoms with van der Waals surface area (Å²) in [5.41, 5.74) is 0.667. The summed E-state index contributed by atoms with van der Waals surface area (Å²) in [5, 5.41) is 18.0. The summed E-state index contributed by atoms with van der Waals surface area (Å²) in [5.74, 6) is 0.0976. The Labute approximate surface area is 143 Å². The van der Waals surface area contributed by atoms with E-state index in [0.29, 0.717) is 16.6 Å². The van der Waals surface area contributed by atoms with Crippen molar-refractivity contribution in [3.8, 4) is 0 Å². The minimum absolute atomic E-state index is 0.0785. The predicted octanol–water partition coefficient (Wildman–Crippen LogP) is 2.37. The Balaban J connectivity index is 1.85. The molecule has 0 spiro atoms. The highest BCUT2D eigenvalue weighted by Gasteiger charge is 2.30. The summed E-state index contributed by atoms with van der Waals surface area (Å²) < 4.78 is 1.29. The van der Waals surface area contributed by atoms with Crippen LogP contribution in [0.4, 0.5) is 5.13 Å². The summed E-state index contributed by atoms with van der Waals surface area (Å²) in [6.07, 6.45) is 1.49. The third kappa shape index (κ3) is 3.32. The van der Waals surface area contributed by atoms with E-state index in [1.807, 2.05) is 32.0 Å². The number of hydrogen-bond acceptors (Lipinski definition) is 6. The van der Waals surface area contributed by atoms with Crippen molar-refractivity contribution in [3.63, 3.8) is 0 Å². The van der Waals surface area contributed by atoms with Crippen LogP contribution in [0.5, 0.6) is 0 Å². The first-order valence-corrected chi connectivity index (χ1v) is 8.57. The highest BCUT2D eigenvalue weighted by Crippen LogP contribution is 2.35. The lowest BCUT2D eigenvalue weighted by atomic mass is 9.75. The molecule has 0 saturated heterocycles. The first-order valence-electron chi connectivity index (χ1n) is 7.76. The number of aliphatic hydroxyl groups excluding tert-OH is 1. The van der Waals surface area contributed by atoms with Crippen LogP contribution >= 0.6 is 11.3 Å². The summed E-state index contributed by atoms with van der Waals surface area (Å²) in [6.45, 7) is 4.76. The standard InChI is InChI=1S/C17H20N4O2S/c1-17(2,11-22)13(12-6-4-3-5-7-12)10-19-15-20-21-14(23)8-9-18-16(21)24-15/h3-9,13,22H,10-11H2,1-2H3,(H,19,20). The maximum atomic E-state index is 11.8. The van der Waals surface area contributed by atoms with Crippen LogP contribution in [0.3, 0.4) is 0 Å². The number of anilines is 1. The van der Waals surface area contributed by atoms with Gasteiger partial charge in [-0.2, -0.15) is 4.52 Å². The highest BCUT2D eigenvalue weighted by atomic mass is 32.1. The van der Waals surface area contributed by atoms with E-state index in [4.69, 9.17) is 0 Å². The van der Waals surface area contributed by atoms with Crippen molar-refractivity contribution >= 4 is 21.4 Å². The number of fused-ring (bicyclic) bond motifs is 1. The fraction of sp³-hybridized carbons (Fsp3) is 0.353. The maximum absolute atomic E-state index is 11.8. The van der Waals surface area contributed by atoms with Gasteiger partial charge in [0.05, 0.1) is 0 Å². The molecule has 1 unspecified atom stereocenters. The lowest BCUT2D eigenvalue weighted by Crippen LogP contribution is -2.31. The largest absolute Gasteiger partial charge is 0.396 e. The molecule has 0 aliphatic carbocycles. The van der Waals surface area contributed by atoms with E-state index in [-0.39, 0.29) is 23.5 Å². The van der Waals surface area contributed by atoms with E-state index in [1.54, 1.807) is 0 Å². The first-order chi connectivity index (χ1) is 11.5. The molecule has 1 aromatic carbocycles. The second-order valence-corrected chi connectivity index (χ2v) is 7.33. The van der Waals surface area contributed by atoms with Gasteiger partial charge in [-0.05, 0) is 11.0 Å². The molecule has 24 heavy (non-hydrogen) atoms. The molecule has 3 rings (SSSR count). The van der Waals surface area contributed by atoms with E-state index in [0.717, 1.165) is 5.56 Å². The van der Waals surface area contributed by atoms with Gasteiger partial charge in [0.15, 0.2) is 0 Å². The quantitative estimate of drug-likeness (QED) is 0.718. The fourth-order valence-electron chi connectivity index (χ4n) is 2.65.